The lowest BCUT2D eigenvalue weighted by molar-refractivity contribution is -0.139. The zero-order chi connectivity index (χ0) is 12.3. The summed E-state index contributed by atoms with van der Waals surface area (Å²) in [6.45, 7) is 0. The fourth-order valence-corrected chi connectivity index (χ4v) is 1.08. The number of nitrogens with two attached hydrogens (primary N) is 1. The topological polar surface area (TPSA) is 65.2 Å². The van der Waals surface area contributed by atoms with E-state index in [1.165, 1.54) is 0 Å². The molecule has 1 rings (SSSR count). The first kappa shape index (κ1) is 12.3. The van der Waals surface area contributed by atoms with Gasteiger partial charge in [-0.2, -0.15) is 4.39 Å². The molecule has 16 heavy (non-hydrogen) atoms. The van der Waals surface area contributed by atoms with E-state index in [0.29, 0.717) is 0 Å². The number of halogens is 3. The van der Waals surface area contributed by atoms with Crippen LogP contribution < -0.4 is 5.73 Å². The van der Waals surface area contributed by atoms with Gasteiger partial charge in [-0.3, -0.25) is 4.79 Å². The van der Waals surface area contributed by atoms with Gasteiger partial charge in [0, 0.05) is 11.3 Å². The highest BCUT2D eigenvalue weighted by molar-refractivity contribution is 5.74. The van der Waals surface area contributed by atoms with Crippen molar-refractivity contribution in [2.45, 2.75) is 12.8 Å². The number of carbonyl (C=O) groups excluding carboxylic acids is 1. The average molecular weight is 234 g/mol. The number of aromatic nitrogens is 1. The minimum atomic E-state index is -2.91. The summed E-state index contributed by atoms with van der Waals surface area (Å²) in [5, 5.41) is 0. The van der Waals surface area contributed by atoms with Gasteiger partial charge < -0.3 is 10.5 Å². The van der Waals surface area contributed by atoms with Crippen molar-refractivity contribution in [3.8, 4) is 0 Å². The van der Waals surface area contributed by atoms with Gasteiger partial charge in [0.25, 0.3) is 6.43 Å². The highest BCUT2D eigenvalue weighted by atomic mass is 19.3. The van der Waals surface area contributed by atoms with E-state index in [-0.39, 0.29) is 11.3 Å². The normalized spacial score (nSPS) is 10.6. The van der Waals surface area contributed by atoms with Gasteiger partial charge in [-0.05, 0) is 6.07 Å². The van der Waals surface area contributed by atoms with Gasteiger partial charge in [-0.25, -0.2) is 13.8 Å². The van der Waals surface area contributed by atoms with Crippen LogP contribution >= 0.6 is 0 Å². The van der Waals surface area contributed by atoms with E-state index in [1.807, 2.05) is 0 Å². The predicted octanol–water partition coefficient (Wildman–Crippen LogP) is 1.46. The summed E-state index contributed by atoms with van der Waals surface area (Å²) < 4.78 is 42.0. The number of anilines is 1. The molecule has 7 heteroatoms. The zero-order valence-corrected chi connectivity index (χ0v) is 8.34. The van der Waals surface area contributed by atoms with E-state index in [0.717, 1.165) is 13.2 Å². The summed E-state index contributed by atoms with van der Waals surface area (Å²) in [5.74, 6) is -1.90. The first-order valence-corrected chi connectivity index (χ1v) is 4.25. The summed E-state index contributed by atoms with van der Waals surface area (Å²) in [4.78, 5) is 13.9. The number of pyridine rings is 1. The van der Waals surface area contributed by atoms with Gasteiger partial charge in [0.15, 0.2) is 0 Å². The second kappa shape index (κ2) is 4.82. The Morgan fingerprint density at radius 1 is 1.62 bits per heavy atom. The minimum Gasteiger partial charge on any atom is -0.469 e. The number of carbonyl (C=O) groups is 1. The smallest absolute Gasteiger partial charge is 0.310 e. The lowest BCUT2D eigenvalue weighted by Gasteiger charge is -2.07. The number of nitrogen functional groups attached to an aromatic ring is 1. The maximum absolute atomic E-state index is 13.2. The van der Waals surface area contributed by atoms with Crippen molar-refractivity contribution in [2.24, 2.45) is 0 Å². The zero-order valence-electron chi connectivity index (χ0n) is 8.34. The number of ether oxygens (including phenoxy) is 1. The van der Waals surface area contributed by atoms with Gasteiger partial charge in [0.1, 0.15) is 5.69 Å². The average Bonchev–Trinajstić information content (AvgIpc) is 2.22. The van der Waals surface area contributed by atoms with Crippen molar-refractivity contribution in [3.63, 3.8) is 0 Å². The molecule has 0 radical (unpaired) electrons. The third kappa shape index (κ3) is 2.62. The van der Waals surface area contributed by atoms with Crippen LogP contribution in [-0.4, -0.2) is 18.1 Å². The third-order valence-corrected chi connectivity index (χ3v) is 1.90. The first-order chi connectivity index (χ1) is 7.45. The Bertz CT molecular complexity index is 387. The molecular weight excluding hydrogens is 225 g/mol. The molecule has 1 heterocycles. The fourth-order valence-electron chi connectivity index (χ4n) is 1.08. The molecule has 1 aromatic rings. The number of hydrogen-bond acceptors (Lipinski definition) is 4. The quantitative estimate of drug-likeness (QED) is 0.635. The Morgan fingerprint density at radius 3 is 2.69 bits per heavy atom. The van der Waals surface area contributed by atoms with Gasteiger partial charge in [-0.15, -0.1) is 0 Å². The molecule has 0 unspecified atom stereocenters. The molecular formula is C9H9F3N2O2. The number of nitrogens with zero attached hydrogens (tertiary/aromatic N) is 1. The lowest BCUT2D eigenvalue weighted by atomic mass is 10.1. The van der Waals surface area contributed by atoms with Gasteiger partial charge in [-0.1, -0.05) is 0 Å². The van der Waals surface area contributed by atoms with Gasteiger partial charge in [0.2, 0.25) is 5.95 Å². The fraction of sp³-hybridized carbons (Fsp3) is 0.333. The van der Waals surface area contributed by atoms with Gasteiger partial charge >= 0.3 is 5.97 Å². The summed E-state index contributed by atoms with van der Waals surface area (Å²) in [6.07, 6.45) is -3.35. The second-order valence-electron chi connectivity index (χ2n) is 2.96. The largest absolute Gasteiger partial charge is 0.469 e. The van der Waals surface area contributed by atoms with Crippen molar-refractivity contribution in [1.29, 1.82) is 0 Å². The molecule has 0 atom stereocenters. The molecule has 0 spiro atoms. The van der Waals surface area contributed by atoms with Crippen LogP contribution in [0.25, 0.3) is 0 Å². The van der Waals surface area contributed by atoms with E-state index in [9.17, 15) is 18.0 Å². The molecule has 4 nitrogen and oxygen atoms in total. The summed E-state index contributed by atoms with van der Waals surface area (Å²) in [5.41, 5.74) is 4.10. The molecule has 0 saturated heterocycles. The van der Waals surface area contributed by atoms with E-state index in [4.69, 9.17) is 5.73 Å². The molecule has 0 saturated carbocycles. The van der Waals surface area contributed by atoms with E-state index < -0.39 is 30.5 Å². The Labute approximate surface area is 89.2 Å². The molecule has 0 bridgehead atoms. The van der Waals surface area contributed by atoms with Crippen LogP contribution in [0.15, 0.2) is 6.07 Å². The van der Waals surface area contributed by atoms with Crippen molar-refractivity contribution in [3.05, 3.63) is 23.3 Å². The standard InChI is InChI=1S/C9H9F3N2O2/c1-16-7(15)2-4-5(13)3-6(8(10)11)14-9(4)12/h3,8H,2H2,1H3,(H2,13,14). The van der Waals surface area contributed by atoms with E-state index in [2.05, 4.69) is 9.72 Å². The Hall–Kier alpha value is -1.79. The van der Waals surface area contributed by atoms with E-state index in [1.54, 1.807) is 0 Å². The summed E-state index contributed by atoms with van der Waals surface area (Å²) in [6, 6.07) is 0.839. The van der Waals surface area contributed by atoms with Crippen LogP contribution in [0, 0.1) is 5.95 Å². The summed E-state index contributed by atoms with van der Waals surface area (Å²) in [7, 11) is 1.12. The Balaban J connectivity index is 3.07. The Morgan fingerprint density at radius 2 is 2.25 bits per heavy atom. The van der Waals surface area contributed by atoms with Crippen LogP contribution in [0.5, 0.6) is 0 Å². The highest BCUT2D eigenvalue weighted by Gasteiger charge is 2.18. The molecule has 0 amide bonds. The van der Waals surface area contributed by atoms with Crippen LogP contribution in [-0.2, 0) is 16.0 Å². The SMILES string of the molecule is COC(=O)Cc1c(N)cc(C(F)F)nc1F. The number of hydrogen-bond donors (Lipinski definition) is 1. The molecule has 1 aromatic heterocycles. The second-order valence-corrected chi connectivity index (χ2v) is 2.96. The monoisotopic (exact) mass is 234 g/mol. The molecule has 0 aromatic carbocycles. The predicted molar refractivity (Wildman–Crippen MR) is 49.3 cm³/mol. The third-order valence-electron chi connectivity index (χ3n) is 1.90. The maximum Gasteiger partial charge on any atom is 0.310 e. The van der Waals surface area contributed by atoms with Crippen molar-refractivity contribution in [2.75, 3.05) is 12.8 Å². The van der Waals surface area contributed by atoms with Crippen molar-refractivity contribution in [1.82, 2.24) is 4.98 Å². The highest BCUT2D eigenvalue weighted by Crippen LogP contribution is 2.23. The molecule has 0 fully saturated rings. The van der Waals surface area contributed by atoms with Crippen LogP contribution in [0.3, 0.4) is 0 Å². The van der Waals surface area contributed by atoms with Crippen LogP contribution in [0.4, 0.5) is 18.9 Å². The van der Waals surface area contributed by atoms with Gasteiger partial charge in [0.05, 0.1) is 13.5 Å². The molecule has 2 N–H and O–H groups in total. The van der Waals surface area contributed by atoms with Crippen LogP contribution in [0.2, 0.25) is 0 Å². The van der Waals surface area contributed by atoms with E-state index >= 15 is 0 Å². The molecule has 0 aliphatic carbocycles. The first-order valence-electron chi connectivity index (χ1n) is 4.25. The number of methoxy groups -OCH3 is 1. The van der Waals surface area contributed by atoms with Crippen molar-refractivity contribution < 1.29 is 22.7 Å². The Kier molecular flexibility index (Phi) is 3.70. The lowest BCUT2D eigenvalue weighted by Crippen LogP contribution is -2.11. The summed E-state index contributed by atoms with van der Waals surface area (Å²) >= 11 is 0. The number of rotatable bonds is 3. The minimum absolute atomic E-state index is 0.240. The number of esters is 1. The number of alkyl halides is 2. The van der Waals surface area contributed by atoms with Crippen LogP contribution in [0.1, 0.15) is 17.7 Å². The molecule has 0 aliphatic rings. The van der Waals surface area contributed by atoms with Crippen molar-refractivity contribution >= 4 is 11.7 Å². The molecule has 0 aliphatic heterocycles. The molecule has 88 valence electrons. The maximum atomic E-state index is 13.2.